The highest BCUT2D eigenvalue weighted by atomic mass is 16.1. The first-order chi connectivity index (χ1) is 10.7. The van der Waals surface area contributed by atoms with Gasteiger partial charge >= 0.3 is 0 Å². The van der Waals surface area contributed by atoms with Crippen LogP contribution in [0.5, 0.6) is 0 Å². The average molecular weight is 293 g/mol. The third-order valence-electron chi connectivity index (χ3n) is 3.80. The van der Waals surface area contributed by atoms with Gasteiger partial charge in [-0.1, -0.05) is 30.3 Å². The summed E-state index contributed by atoms with van der Waals surface area (Å²) in [6.45, 7) is 1.73. The van der Waals surface area contributed by atoms with Crippen molar-refractivity contribution in [2.45, 2.75) is 13.0 Å². The van der Waals surface area contributed by atoms with Gasteiger partial charge in [-0.05, 0) is 42.3 Å². The first kappa shape index (κ1) is 14.4. The molecule has 0 saturated carbocycles. The maximum Gasteiger partial charge on any atom is 0.248 e. The summed E-state index contributed by atoms with van der Waals surface area (Å²) in [5.74, 6) is -0.392. The van der Waals surface area contributed by atoms with Crippen LogP contribution in [-0.2, 0) is 13.0 Å². The normalized spacial score (nSPS) is 10.9. The van der Waals surface area contributed by atoms with Crippen LogP contribution in [0.3, 0.4) is 0 Å². The molecule has 1 heterocycles. The zero-order valence-electron chi connectivity index (χ0n) is 12.3. The number of hydrogen-bond donors (Lipinski definition) is 3. The standard InChI is InChI=1S/C18H19N3O/c19-18(22)14-6-7-17-16(10-14)15(12-21-17)8-9-20-11-13-4-2-1-3-5-13/h1-7,10,12,20-21H,8-9,11H2,(H2,19,22). The molecule has 0 fully saturated rings. The molecular weight excluding hydrogens is 274 g/mol. The largest absolute Gasteiger partial charge is 0.366 e. The fourth-order valence-corrected chi connectivity index (χ4v) is 2.59. The number of benzene rings is 2. The van der Waals surface area contributed by atoms with Crippen LogP contribution >= 0.6 is 0 Å². The molecule has 4 nitrogen and oxygen atoms in total. The Bertz CT molecular complexity index is 777. The second-order valence-electron chi connectivity index (χ2n) is 5.35. The molecule has 22 heavy (non-hydrogen) atoms. The minimum Gasteiger partial charge on any atom is -0.366 e. The minimum absolute atomic E-state index is 0.392. The number of H-pyrrole nitrogens is 1. The van der Waals surface area contributed by atoms with Crippen molar-refractivity contribution < 1.29 is 4.79 Å². The third-order valence-corrected chi connectivity index (χ3v) is 3.80. The summed E-state index contributed by atoms with van der Waals surface area (Å²) >= 11 is 0. The second kappa shape index (κ2) is 6.45. The summed E-state index contributed by atoms with van der Waals surface area (Å²) in [7, 11) is 0. The summed E-state index contributed by atoms with van der Waals surface area (Å²) in [6, 6.07) is 15.8. The Labute approximate surface area is 129 Å². The zero-order valence-corrected chi connectivity index (χ0v) is 12.3. The summed E-state index contributed by atoms with van der Waals surface area (Å²) in [5.41, 5.74) is 9.39. The molecule has 0 radical (unpaired) electrons. The van der Waals surface area contributed by atoms with Crippen molar-refractivity contribution in [2.24, 2.45) is 5.73 Å². The third kappa shape index (κ3) is 3.18. The number of rotatable bonds is 6. The van der Waals surface area contributed by atoms with E-state index in [0.29, 0.717) is 5.56 Å². The Balaban J connectivity index is 1.64. The highest BCUT2D eigenvalue weighted by molar-refractivity contribution is 5.97. The van der Waals surface area contributed by atoms with Gasteiger partial charge in [-0.15, -0.1) is 0 Å². The van der Waals surface area contributed by atoms with Crippen LogP contribution in [0.2, 0.25) is 0 Å². The van der Waals surface area contributed by atoms with Crippen molar-refractivity contribution in [2.75, 3.05) is 6.54 Å². The van der Waals surface area contributed by atoms with Crippen molar-refractivity contribution in [3.8, 4) is 0 Å². The number of nitrogens with one attached hydrogen (secondary N) is 2. The number of hydrogen-bond acceptors (Lipinski definition) is 2. The fraction of sp³-hybridized carbons (Fsp3) is 0.167. The Morgan fingerprint density at radius 3 is 2.73 bits per heavy atom. The molecule has 4 heteroatoms. The lowest BCUT2D eigenvalue weighted by atomic mass is 10.1. The monoisotopic (exact) mass is 293 g/mol. The van der Waals surface area contributed by atoms with Gasteiger partial charge in [0.15, 0.2) is 0 Å². The number of primary amides is 1. The van der Waals surface area contributed by atoms with E-state index >= 15 is 0 Å². The molecule has 0 saturated heterocycles. The smallest absolute Gasteiger partial charge is 0.248 e. The summed E-state index contributed by atoms with van der Waals surface area (Å²) in [5, 5.41) is 4.50. The van der Waals surface area contributed by atoms with Gasteiger partial charge in [0.2, 0.25) is 5.91 Å². The van der Waals surface area contributed by atoms with Crippen LogP contribution in [0.1, 0.15) is 21.5 Å². The van der Waals surface area contributed by atoms with E-state index in [1.165, 1.54) is 11.1 Å². The quantitative estimate of drug-likeness (QED) is 0.611. The molecule has 2 aromatic carbocycles. The SMILES string of the molecule is NC(=O)c1ccc2[nH]cc(CCNCc3ccccc3)c2c1. The second-order valence-corrected chi connectivity index (χ2v) is 5.35. The molecule has 3 rings (SSSR count). The maximum absolute atomic E-state index is 11.3. The molecule has 3 aromatic rings. The van der Waals surface area contributed by atoms with E-state index in [4.69, 9.17) is 5.73 Å². The van der Waals surface area contributed by atoms with Crippen LogP contribution in [0.15, 0.2) is 54.7 Å². The minimum atomic E-state index is -0.392. The summed E-state index contributed by atoms with van der Waals surface area (Å²) in [4.78, 5) is 14.5. The number of aromatic amines is 1. The van der Waals surface area contributed by atoms with Crippen molar-refractivity contribution in [3.63, 3.8) is 0 Å². The van der Waals surface area contributed by atoms with Crippen molar-refractivity contribution in [1.82, 2.24) is 10.3 Å². The average Bonchev–Trinajstić information content (AvgIpc) is 2.95. The van der Waals surface area contributed by atoms with Gasteiger partial charge in [-0.3, -0.25) is 4.79 Å². The van der Waals surface area contributed by atoms with E-state index in [-0.39, 0.29) is 0 Å². The zero-order chi connectivity index (χ0) is 15.4. The number of fused-ring (bicyclic) bond motifs is 1. The number of nitrogens with two attached hydrogens (primary N) is 1. The summed E-state index contributed by atoms with van der Waals surface area (Å²) in [6.07, 6.45) is 2.90. The molecule has 4 N–H and O–H groups in total. The van der Waals surface area contributed by atoms with E-state index in [0.717, 1.165) is 30.4 Å². The first-order valence-electron chi connectivity index (χ1n) is 7.38. The molecule has 1 amide bonds. The van der Waals surface area contributed by atoms with Crippen LogP contribution in [0.4, 0.5) is 0 Å². The van der Waals surface area contributed by atoms with Crippen LogP contribution in [-0.4, -0.2) is 17.4 Å². The van der Waals surface area contributed by atoms with Crippen molar-refractivity contribution in [3.05, 3.63) is 71.4 Å². The number of carbonyl (C=O) groups is 1. The molecule has 0 aliphatic rings. The number of carbonyl (C=O) groups excluding carboxylic acids is 1. The molecule has 0 aliphatic heterocycles. The van der Waals surface area contributed by atoms with Gasteiger partial charge < -0.3 is 16.0 Å². The molecule has 0 spiro atoms. The topological polar surface area (TPSA) is 70.9 Å². The molecule has 1 aromatic heterocycles. The van der Waals surface area contributed by atoms with Gasteiger partial charge in [0.05, 0.1) is 0 Å². The van der Waals surface area contributed by atoms with Crippen molar-refractivity contribution in [1.29, 1.82) is 0 Å². The molecule has 0 atom stereocenters. The molecule has 112 valence electrons. The van der Waals surface area contributed by atoms with Gasteiger partial charge in [0, 0.05) is 29.2 Å². The highest BCUT2D eigenvalue weighted by Crippen LogP contribution is 2.20. The van der Waals surface area contributed by atoms with Gasteiger partial charge in [0.25, 0.3) is 0 Å². The summed E-state index contributed by atoms with van der Waals surface area (Å²) < 4.78 is 0. The van der Waals surface area contributed by atoms with Gasteiger partial charge in [-0.25, -0.2) is 0 Å². The fourth-order valence-electron chi connectivity index (χ4n) is 2.59. The highest BCUT2D eigenvalue weighted by Gasteiger charge is 2.07. The molecule has 0 bridgehead atoms. The Morgan fingerprint density at radius 1 is 1.14 bits per heavy atom. The number of aromatic nitrogens is 1. The number of amides is 1. The van der Waals surface area contributed by atoms with E-state index < -0.39 is 5.91 Å². The van der Waals surface area contributed by atoms with Crippen LogP contribution in [0.25, 0.3) is 10.9 Å². The first-order valence-corrected chi connectivity index (χ1v) is 7.38. The molecule has 0 unspecified atom stereocenters. The van der Waals surface area contributed by atoms with Crippen molar-refractivity contribution >= 4 is 16.8 Å². The van der Waals surface area contributed by atoms with Gasteiger partial charge in [-0.2, -0.15) is 0 Å². The Kier molecular flexibility index (Phi) is 4.21. The molecular formula is C18H19N3O. The maximum atomic E-state index is 11.3. The lowest BCUT2D eigenvalue weighted by molar-refractivity contribution is 0.100. The molecule has 0 aliphatic carbocycles. The van der Waals surface area contributed by atoms with E-state index in [9.17, 15) is 4.79 Å². The predicted molar refractivity (Wildman–Crippen MR) is 88.7 cm³/mol. The Morgan fingerprint density at radius 2 is 1.95 bits per heavy atom. The predicted octanol–water partition coefficient (Wildman–Crippen LogP) is 2.60. The van der Waals surface area contributed by atoms with E-state index in [2.05, 4.69) is 22.4 Å². The lowest BCUT2D eigenvalue weighted by Gasteiger charge is -2.05. The van der Waals surface area contributed by atoms with Crippen LogP contribution in [0, 0.1) is 0 Å². The lowest BCUT2D eigenvalue weighted by Crippen LogP contribution is -2.16. The van der Waals surface area contributed by atoms with E-state index in [1.54, 1.807) is 6.07 Å². The van der Waals surface area contributed by atoms with Gasteiger partial charge in [0.1, 0.15) is 0 Å². The van der Waals surface area contributed by atoms with E-state index in [1.807, 2.05) is 36.5 Å². The van der Waals surface area contributed by atoms with Crippen LogP contribution < -0.4 is 11.1 Å². The Hall–Kier alpha value is -2.59.